The third kappa shape index (κ3) is 2.10. The molecule has 0 bridgehead atoms. The molecule has 0 aromatic heterocycles. The summed E-state index contributed by atoms with van der Waals surface area (Å²) in [6, 6.07) is 3.83. The van der Waals surface area contributed by atoms with Crippen LogP contribution in [0.3, 0.4) is 0 Å². The number of aryl methyl sites for hydroxylation is 1. The molecule has 1 aromatic carbocycles. The Kier molecular flexibility index (Phi) is 3.15. The first-order valence-corrected chi connectivity index (χ1v) is 4.40. The van der Waals surface area contributed by atoms with Crippen LogP contribution < -0.4 is 0 Å². The van der Waals surface area contributed by atoms with Crippen molar-refractivity contribution in [1.29, 1.82) is 0 Å². The number of hydrogen-bond acceptors (Lipinski definition) is 0. The largest absolute Gasteiger partial charge is 0.460 e. The Bertz CT molecular complexity index is 405. The van der Waals surface area contributed by atoms with Crippen LogP contribution in [-0.2, 0) is 5.92 Å². The van der Waals surface area contributed by atoms with Gasteiger partial charge < -0.3 is 0 Å². The van der Waals surface area contributed by atoms with Gasteiger partial charge in [-0.3, -0.25) is 0 Å². The van der Waals surface area contributed by atoms with Gasteiger partial charge in [-0.25, -0.2) is 0 Å². The van der Waals surface area contributed by atoms with Gasteiger partial charge in [0.1, 0.15) is 0 Å². The monoisotopic (exact) mass is 260 g/mol. The molecule has 0 spiro atoms. The molecule has 7 heteroatoms. The highest BCUT2D eigenvalue weighted by Crippen LogP contribution is 2.52. The van der Waals surface area contributed by atoms with Crippen LogP contribution in [0.25, 0.3) is 0 Å². The maximum Gasteiger partial charge on any atom is 0.460 e. The van der Waals surface area contributed by atoms with Crippen LogP contribution >= 0.6 is 0 Å². The minimum atomic E-state index is -6.31. The van der Waals surface area contributed by atoms with Gasteiger partial charge in [0.05, 0.1) is 0 Å². The van der Waals surface area contributed by atoms with Crippen LogP contribution in [-0.4, -0.2) is 12.1 Å². The van der Waals surface area contributed by atoms with Gasteiger partial charge in [-0.1, -0.05) is 24.3 Å². The number of hydrogen-bond donors (Lipinski definition) is 0. The van der Waals surface area contributed by atoms with Gasteiger partial charge in [0.2, 0.25) is 0 Å². The lowest BCUT2D eigenvalue weighted by Crippen LogP contribution is -2.50. The zero-order valence-corrected chi connectivity index (χ0v) is 8.46. The van der Waals surface area contributed by atoms with Crippen molar-refractivity contribution in [2.24, 2.45) is 0 Å². The van der Waals surface area contributed by atoms with Gasteiger partial charge in [-0.2, -0.15) is 30.7 Å². The van der Waals surface area contributed by atoms with Crippen molar-refractivity contribution < 1.29 is 30.7 Å². The SMILES string of the molecule is Cc1ccccc1C(F)(F)C(F)(F)C(F)(F)F. The predicted molar refractivity (Wildman–Crippen MR) is 46.1 cm³/mol. The van der Waals surface area contributed by atoms with Crippen LogP contribution in [0.4, 0.5) is 30.7 Å². The third-order valence-electron chi connectivity index (χ3n) is 2.23. The van der Waals surface area contributed by atoms with Crippen LogP contribution in [0, 0.1) is 6.92 Å². The highest BCUT2D eigenvalue weighted by Gasteiger charge is 2.73. The molecule has 96 valence electrons. The van der Waals surface area contributed by atoms with Crippen LogP contribution in [0.15, 0.2) is 24.3 Å². The molecule has 0 radical (unpaired) electrons. The van der Waals surface area contributed by atoms with Crippen molar-refractivity contribution in [2.45, 2.75) is 24.9 Å². The van der Waals surface area contributed by atoms with E-state index in [4.69, 9.17) is 0 Å². The molecule has 0 heterocycles. The lowest BCUT2D eigenvalue weighted by Gasteiger charge is -2.29. The number of halogens is 7. The smallest absolute Gasteiger partial charge is 0.194 e. The van der Waals surface area contributed by atoms with E-state index in [1.165, 1.54) is 6.07 Å². The summed E-state index contributed by atoms with van der Waals surface area (Å²) in [5.74, 6) is -11.4. The molecule has 0 nitrogen and oxygen atoms in total. The van der Waals surface area contributed by atoms with E-state index in [1.54, 1.807) is 0 Å². The van der Waals surface area contributed by atoms with Crippen molar-refractivity contribution in [3.8, 4) is 0 Å². The van der Waals surface area contributed by atoms with E-state index in [2.05, 4.69) is 0 Å². The molecule has 0 unspecified atom stereocenters. The molecule has 17 heavy (non-hydrogen) atoms. The lowest BCUT2D eigenvalue weighted by molar-refractivity contribution is -0.359. The summed E-state index contributed by atoms with van der Waals surface area (Å²) in [5, 5.41) is 0. The van der Waals surface area contributed by atoms with Gasteiger partial charge >= 0.3 is 18.0 Å². The first-order valence-electron chi connectivity index (χ1n) is 4.40. The topological polar surface area (TPSA) is 0 Å². The van der Waals surface area contributed by atoms with Crippen molar-refractivity contribution in [1.82, 2.24) is 0 Å². The first kappa shape index (κ1) is 13.8. The summed E-state index contributed by atoms with van der Waals surface area (Å²) in [5.41, 5.74) is -1.66. The predicted octanol–water partition coefficient (Wildman–Crippen LogP) is 4.28. The highest BCUT2D eigenvalue weighted by atomic mass is 19.4. The molecule has 0 saturated heterocycles. The lowest BCUT2D eigenvalue weighted by atomic mass is 9.97. The van der Waals surface area contributed by atoms with Crippen molar-refractivity contribution >= 4 is 0 Å². The summed E-state index contributed by atoms with van der Waals surface area (Å²) in [4.78, 5) is 0. The van der Waals surface area contributed by atoms with Gasteiger partial charge in [-0.15, -0.1) is 0 Å². The molecule has 1 rings (SSSR count). The van der Waals surface area contributed by atoms with E-state index in [-0.39, 0.29) is 5.56 Å². The standard InChI is InChI=1S/C10H7F7/c1-6-4-2-3-5-7(6)8(11,12)9(13,14)10(15,16)17/h2-5H,1H3. The van der Waals surface area contributed by atoms with E-state index < -0.39 is 23.6 Å². The average molecular weight is 260 g/mol. The number of benzene rings is 1. The Morgan fingerprint density at radius 3 is 1.71 bits per heavy atom. The summed E-state index contributed by atoms with van der Waals surface area (Å²) in [6.45, 7) is 1.04. The van der Waals surface area contributed by atoms with Gasteiger partial charge in [0, 0.05) is 5.56 Å². The van der Waals surface area contributed by atoms with Crippen LogP contribution in [0.1, 0.15) is 11.1 Å². The summed E-state index contributed by atoms with van der Waals surface area (Å²) < 4.78 is 87.6. The number of rotatable bonds is 2. The molecule has 0 amide bonds. The first-order chi connectivity index (χ1) is 7.52. The maximum absolute atomic E-state index is 13.2. The fourth-order valence-electron chi connectivity index (χ4n) is 1.27. The second-order valence-electron chi connectivity index (χ2n) is 3.46. The van der Waals surface area contributed by atoms with E-state index in [1.807, 2.05) is 0 Å². The molecule has 0 aliphatic heterocycles. The Morgan fingerprint density at radius 1 is 0.824 bits per heavy atom. The van der Waals surface area contributed by atoms with E-state index in [0.29, 0.717) is 6.07 Å². The normalized spacial score (nSPS) is 13.9. The molecule has 0 N–H and O–H groups in total. The average Bonchev–Trinajstić information content (AvgIpc) is 2.16. The third-order valence-corrected chi connectivity index (χ3v) is 2.23. The second-order valence-corrected chi connectivity index (χ2v) is 3.46. The second kappa shape index (κ2) is 3.89. The maximum atomic E-state index is 13.2. The van der Waals surface area contributed by atoms with Gasteiger partial charge in [0.15, 0.2) is 0 Å². The zero-order valence-electron chi connectivity index (χ0n) is 8.46. The van der Waals surface area contributed by atoms with Crippen LogP contribution in [0.2, 0.25) is 0 Å². The molecular weight excluding hydrogens is 253 g/mol. The zero-order chi connectivity index (χ0) is 13.5. The Hall–Kier alpha value is -1.27. The molecule has 1 aromatic rings. The molecule has 0 atom stereocenters. The van der Waals surface area contributed by atoms with Gasteiger partial charge in [-0.05, 0) is 12.5 Å². The fraction of sp³-hybridized carbons (Fsp3) is 0.400. The van der Waals surface area contributed by atoms with Crippen molar-refractivity contribution in [2.75, 3.05) is 0 Å². The van der Waals surface area contributed by atoms with E-state index in [0.717, 1.165) is 19.1 Å². The molecule has 0 aliphatic rings. The van der Waals surface area contributed by atoms with E-state index >= 15 is 0 Å². The number of alkyl halides is 7. The molecule has 0 saturated carbocycles. The fourth-order valence-corrected chi connectivity index (χ4v) is 1.27. The van der Waals surface area contributed by atoms with Crippen LogP contribution in [0.5, 0.6) is 0 Å². The minimum Gasteiger partial charge on any atom is -0.194 e. The molecular formula is C10H7F7. The Morgan fingerprint density at radius 2 is 1.29 bits per heavy atom. The molecule has 0 aliphatic carbocycles. The Balaban J connectivity index is 3.34. The summed E-state index contributed by atoms with van der Waals surface area (Å²) in [6.07, 6.45) is -6.31. The van der Waals surface area contributed by atoms with Crippen molar-refractivity contribution in [3.05, 3.63) is 35.4 Å². The van der Waals surface area contributed by atoms with Gasteiger partial charge in [0.25, 0.3) is 0 Å². The summed E-state index contributed by atoms with van der Waals surface area (Å²) in [7, 11) is 0. The summed E-state index contributed by atoms with van der Waals surface area (Å²) >= 11 is 0. The minimum absolute atomic E-state index is 0.332. The quantitative estimate of drug-likeness (QED) is 0.696. The van der Waals surface area contributed by atoms with Crippen molar-refractivity contribution in [3.63, 3.8) is 0 Å². The highest BCUT2D eigenvalue weighted by molar-refractivity contribution is 5.31. The Labute approximate surface area is 92.0 Å². The van der Waals surface area contributed by atoms with E-state index in [9.17, 15) is 30.7 Å². The molecule has 0 fully saturated rings.